The molecule has 4 nitrogen and oxygen atoms in total. The third-order valence-corrected chi connectivity index (χ3v) is 2.98. The van der Waals surface area contributed by atoms with E-state index in [1.807, 2.05) is 18.2 Å². The van der Waals surface area contributed by atoms with Crippen molar-refractivity contribution in [1.29, 1.82) is 0 Å². The maximum atomic E-state index is 5.43. The van der Waals surface area contributed by atoms with Crippen LogP contribution in [0.15, 0.2) is 29.0 Å². The van der Waals surface area contributed by atoms with Gasteiger partial charge in [-0.2, -0.15) is 0 Å². The fraction of sp³-hybridized carbons (Fsp3) is 0.385. The van der Waals surface area contributed by atoms with Gasteiger partial charge in [0.2, 0.25) is 0 Å². The van der Waals surface area contributed by atoms with Gasteiger partial charge in [0.05, 0.1) is 12.1 Å². The van der Waals surface area contributed by atoms with Crippen LogP contribution in [0, 0.1) is 0 Å². The van der Waals surface area contributed by atoms with Gasteiger partial charge in [-0.25, -0.2) is 9.97 Å². The van der Waals surface area contributed by atoms with Crippen molar-refractivity contribution in [2.45, 2.75) is 13.3 Å². The number of rotatable bonds is 6. The molecule has 0 aliphatic heterocycles. The van der Waals surface area contributed by atoms with Crippen molar-refractivity contribution >= 4 is 32.7 Å². The predicted molar refractivity (Wildman–Crippen MR) is 76.8 cm³/mol. The number of anilines is 1. The van der Waals surface area contributed by atoms with Crippen molar-refractivity contribution in [3.05, 3.63) is 29.0 Å². The molecule has 0 spiro atoms. The first-order valence-corrected chi connectivity index (χ1v) is 6.82. The predicted octanol–water partition coefficient (Wildman–Crippen LogP) is 3.23. The van der Waals surface area contributed by atoms with Crippen LogP contribution >= 0.6 is 15.9 Å². The number of aromatic nitrogens is 2. The molecule has 0 amide bonds. The summed E-state index contributed by atoms with van der Waals surface area (Å²) < 4.78 is 6.45. The van der Waals surface area contributed by atoms with E-state index in [0.29, 0.717) is 6.61 Å². The first kappa shape index (κ1) is 13.2. The fourth-order valence-electron chi connectivity index (χ4n) is 1.66. The van der Waals surface area contributed by atoms with Gasteiger partial charge in [-0.05, 0) is 24.6 Å². The number of ether oxygens (including phenoxy) is 1. The molecule has 96 valence electrons. The lowest BCUT2D eigenvalue weighted by atomic mass is 10.2. The zero-order chi connectivity index (χ0) is 12.8. The summed E-state index contributed by atoms with van der Waals surface area (Å²) in [7, 11) is 0. The summed E-state index contributed by atoms with van der Waals surface area (Å²) in [5.74, 6) is 0.849. The molecule has 0 aliphatic rings. The minimum absolute atomic E-state index is 0.688. The molecule has 0 fully saturated rings. The molecule has 0 bridgehead atoms. The fourth-order valence-corrected chi connectivity index (χ4v) is 2.02. The van der Waals surface area contributed by atoms with Crippen molar-refractivity contribution in [3.63, 3.8) is 0 Å². The number of nitrogens with one attached hydrogen (secondary N) is 1. The van der Waals surface area contributed by atoms with Gasteiger partial charge in [-0.15, -0.1) is 0 Å². The van der Waals surface area contributed by atoms with Gasteiger partial charge < -0.3 is 10.1 Å². The molecule has 1 aromatic heterocycles. The molecule has 0 unspecified atom stereocenters. The highest BCUT2D eigenvalue weighted by atomic mass is 79.9. The molecular formula is C13H16BrN3O. The Labute approximate surface area is 115 Å². The standard InChI is InChI=1S/C13H16BrN3O/c1-2-6-18-7-5-15-13-11-8-10(14)3-4-12(11)16-9-17-13/h3-4,8-9H,2,5-7H2,1H3,(H,15,16,17). The van der Waals surface area contributed by atoms with Crippen LogP contribution in [0.25, 0.3) is 10.9 Å². The van der Waals surface area contributed by atoms with Crippen molar-refractivity contribution in [2.24, 2.45) is 0 Å². The smallest absolute Gasteiger partial charge is 0.137 e. The second-order valence-electron chi connectivity index (χ2n) is 3.92. The molecule has 0 saturated heterocycles. The SMILES string of the molecule is CCCOCCNc1ncnc2ccc(Br)cc12. The number of hydrogen-bond acceptors (Lipinski definition) is 4. The molecule has 0 radical (unpaired) electrons. The van der Waals surface area contributed by atoms with E-state index < -0.39 is 0 Å². The molecule has 5 heteroatoms. The van der Waals surface area contributed by atoms with Crippen molar-refractivity contribution in [1.82, 2.24) is 9.97 Å². The second kappa shape index (κ2) is 6.66. The second-order valence-corrected chi connectivity index (χ2v) is 4.84. The van der Waals surface area contributed by atoms with E-state index in [1.165, 1.54) is 0 Å². The number of fused-ring (bicyclic) bond motifs is 1. The monoisotopic (exact) mass is 309 g/mol. The molecule has 1 N–H and O–H groups in total. The molecule has 2 aromatic rings. The van der Waals surface area contributed by atoms with E-state index in [0.717, 1.165) is 40.8 Å². The van der Waals surface area contributed by atoms with Crippen LogP contribution in [0.3, 0.4) is 0 Å². The molecule has 0 aliphatic carbocycles. The zero-order valence-electron chi connectivity index (χ0n) is 10.3. The van der Waals surface area contributed by atoms with Gasteiger partial charge in [0.1, 0.15) is 12.1 Å². The lowest BCUT2D eigenvalue weighted by Crippen LogP contribution is -2.11. The first-order valence-electron chi connectivity index (χ1n) is 6.03. The highest BCUT2D eigenvalue weighted by Crippen LogP contribution is 2.22. The quantitative estimate of drug-likeness (QED) is 0.832. The number of hydrogen-bond donors (Lipinski definition) is 1. The Bertz CT molecular complexity index is 519. The molecule has 2 rings (SSSR count). The van der Waals surface area contributed by atoms with Crippen molar-refractivity contribution in [2.75, 3.05) is 25.1 Å². The van der Waals surface area contributed by atoms with Gasteiger partial charge in [0, 0.05) is 23.0 Å². The molecule has 0 saturated carbocycles. The first-order chi connectivity index (χ1) is 8.81. The van der Waals surface area contributed by atoms with Gasteiger partial charge >= 0.3 is 0 Å². The van der Waals surface area contributed by atoms with Crippen LogP contribution in [-0.2, 0) is 4.74 Å². The maximum Gasteiger partial charge on any atom is 0.137 e. The summed E-state index contributed by atoms with van der Waals surface area (Å²) in [4.78, 5) is 8.50. The Morgan fingerprint density at radius 3 is 3.00 bits per heavy atom. The van der Waals surface area contributed by atoms with Crippen molar-refractivity contribution < 1.29 is 4.74 Å². The van der Waals surface area contributed by atoms with E-state index in [9.17, 15) is 0 Å². The number of benzene rings is 1. The minimum Gasteiger partial charge on any atom is -0.380 e. The Morgan fingerprint density at radius 1 is 1.28 bits per heavy atom. The Balaban J connectivity index is 2.05. The Morgan fingerprint density at radius 2 is 2.17 bits per heavy atom. The van der Waals surface area contributed by atoms with E-state index in [-0.39, 0.29) is 0 Å². The number of halogens is 1. The average Bonchev–Trinajstić information content (AvgIpc) is 2.39. The largest absolute Gasteiger partial charge is 0.380 e. The van der Waals surface area contributed by atoms with Crippen LogP contribution in [0.2, 0.25) is 0 Å². The Hall–Kier alpha value is -1.20. The van der Waals surface area contributed by atoms with E-state index in [4.69, 9.17) is 4.74 Å². The summed E-state index contributed by atoms with van der Waals surface area (Å²) in [6.07, 6.45) is 2.62. The normalized spacial score (nSPS) is 10.8. The van der Waals surface area contributed by atoms with Crippen molar-refractivity contribution in [3.8, 4) is 0 Å². The van der Waals surface area contributed by atoms with Gasteiger partial charge in [0.15, 0.2) is 0 Å². The van der Waals surface area contributed by atoms with Crippen LogP contribution in [0.5, 0.6) is 0 Å². The van der Waals surface area contributed by atoms with E-state index >= 15 is 0 Å². The van der Waals surface area contributed by atoms with Gasteiger partial charge in [-0.1, -0.05) is 22.9 Å². The topological polar surface area (TPSA) is 47.0 Å². The lowest BCUT2D eigenvalue weighted by Gasteiger charge is -2.08. The Kier molecular flexibility index (Phi) is 4.90. The minimum atomic E-state index is 0.688. The molecule has 0 atom stereocenters. The highest BCUT2D eigenvalue weighted by molar-refractivity contribution is 9.10. The third kappa shape index (κ3) is 3.40. The summed E-state index contributed by atoms with van der Waals surface area (Å²) in [5, 5.41) is 4.29. The summed E-state index contributed by atoms with van der Waals surface area (Å²) in [5.41, 5.74) is 0.935. The van der Waals surface area contributed by atoms with Crippen LogP contribution < -0.4 is 5.32 Å². The van der Waals surface area contributed by atoms with E-state index in [1.54, 1.807) is 6.33 Å². The highest BCUT2D eigenvalue weighted by Gasteiger charge is 2.03. The molecule has 18 heavy (non-hydrogen) atoms. The lowest BCUT2D eigenvalue weighted by molar-refractivity contribution is 0.144. The van der Waals surface area contributed by atoms with Gasteiger partial charge in [-0.3, -0.25) is 0 Å². The number of nitrogens with zero attached hydrogens (tertiary/aromatic N) is 2. The molecular weight excluding hydrogens is 294 g/mol. The molecule has 1 heterocycles. The summed E-state index contributed by atoms with van der Waals surface area (Å²) in [6, 6.07) is 5.97. The van der Waals surface area contributed by atoms with E-state index in [2.05, 4.69) is 38.1 Å². The van der Waals surface area contributed by atoms with Gasteiger partial charge in [0.25, 0.3) is 0 Å². The van der Waals surface area contributed by atoms with Crippen LogP contribution in [0.4, 0.5) is 5.82 Å². The average molecular weight is 310 g/mol. The summed E-state index contributed by atoms with van der Waals surface area (Å²) >= 11 is 3.46. The van der Waals surface area contributed by atoms with Crippen LogP contribution in [0.1, 0.15) is 13.3 Å². The third-order valence-electron chi connectivity index (χ3n) is 2.48. The molecule has 1 aromatic carbocycles. The zero-order valence-corrected chi connectivity index (χ0v) is 11.9. The maximum absolute atomic E-state index is 5.43. The summed E-state index contributed by atoms with van der Waals surface area (Å²) in [6.45, 7) is 4.34. The van der Waals surface area contributed by atoms with Crippen LogP contribution in [-0.4, -0.2) is 29.7 Å².